The van der Waals surface area contributed by atoms with Crippen LogP contribution in [0.15, 0.2) is 53.4 Å². The fourth-order valence-corrected chi connectivity index (χ4v) is 4.37. The third-order valence-corrected chi connectivity index (χ3v) is 5.87. The summed E-state index contributed by atoms with van der Waals surface area (Å²) in [6.45, 7) is 2.10. The third kappa shape index (κ3) is 3.89. The lowest BCUT2D eigenvalue weighted by Crippen LogP contribution is -2.31. The molecule has 4 rings (SSSR count). The SMILES string of the molecule is O=C(c1cccc(OCC2CCCO2)c1)N1CCCSc2ccccc21. The van der Waals surface area contributed by atoms with Crippen LogP contribution < -0.4 is 9.64 Å². The highest BCUT2D eigenvalue weighted by Gasteiger charge is 2.23. The molecule has 2 aromatic carbocycles. The Morgan fingerprint density at radius 1 is 1.19 bits per heavy atom. The van der Waals surface area contributed by atoms with E-state index in [1.807, 2.05) is 59.1 Å². The molecule has 5 heteroatoms. The molecule has 0 saturated carbocycles. The first-order valence-corrected chi connectivity index (χ1v) is 10.2. The number of thioether (sulfide) groups is 1. The molecule has 2 aromatic rings. The second-order valence-corrected chi connectivity index (χ2v) is 7.74. The van der Waals surface area contributed by atoms with Crippen LogP contribution in [0.3, 0.4) is 0 Å². The van der Waals surface area contributed by atoms with Gasteiger partial charge in [-0.1, -0.05) is 18.2 Å². The molecule has 0 aromatic heterocycles. The van der Waals surface area contributed by atoms with E-state index in [0.717, 1.165) is 49.6 Å². The zero-order chi connectivity index (χ0) is 17.8. The molecule has 2 aliphatic heterocycles. The molecular weight excluding hydrogens is 346 g/mol. The summed E-state index contributed by atoms with van der Waals surface area (Å²) in [5.41, 5.74) is 1.67. The first-order chi connectivity index (χ1) is 12.8. The van der Waals surface area contributed by atoms with Crippen molar-refractivity contribution >= 4 is 23.4 Å². The van der Waals surface area contributed by atoms with Gasteiger partial charge in [-0.3, -0.25) is 4.79 Å². The smallest absolute Gasteiger partial charge is 0.258 e. The van der Waals surface area contributed by atoms with Crippen LogP contribution in [0.2, 0.25) is 0 Å². The van der Waals surface area contributed by atoms with Crippen LogP contribution in [-0.2, 0) is 4.74 Å². The van der Waals surface area contributed by atoms with E-state index < -0.39 is 0 Å². The molecule has 0 N–H and O–H groups in total. The molecule has 136 valence electrons. The van der Waals surface area contributed by atoms with E-state index >= 15 is 0 Å². The number of carbonyl (C=O) groups is 1. The lowest BCUT2D eigenvalue weighted by Gasteiger charge is -2.23. The second-order valence-electron chi connectivity index (χ2n) is 6.60. The van der Waals surface area contributed by atoms with Gasteiger partial charge in [-0.2, -0.15) is 0 Å². The minimum atomic E-state index is 0.0301. The number of nitrogens with zero attached hydrogens (tertiary/aromatic N) is 1. The van der Waals surface area contributed by atoms with E-state index in [0.29, 0.717) is 12.2 Å². The van der Waals surface area contributed by atoms with Crippen molar-refractivity contribution in [3.05, 3.63) is 54.1 Å². The molecule has 0 aliphatic carbocycles. The summed E-state index contributed by atoms with van der Waals surface area (Å²) < 4.78 is 11.5. The molecule has 1 amide bonds. The van der Waals surface area contributed by atoms with Crippen molar-refractivity contribution in [3.63, 3.8) is 0 Å². The van der Waals surface area contributed by atoms with Gasteiger partial charge in [0.05, 0.1) is 11.8 Å². The maximum Gasteiger partial charge on any atom is 0.258 e. The van der Waals surface area contributed by atoms with Crippen molar-refractivity contribution in [2.24, 2.45) is 0 Å². The highest BCUT2D eigenvalue weighted by Crippen LogP contribution is 2.34. The minimum absolute atomic E-state index is 0.0301. The lowest BCUT2D eigenvalue weighted by molar-refractivity contribution is 0.0679. The quantitative estimate of drug-likeness (QED) is 0.801. The number of amides is 1. The van der Waals surface area contributed by atoms with Crippen LogP contribution in [0.25, 0.3) is 0 Å². The number of rotatable bonds is 4. The summed E-state index contributed by atoms with van der Waals surface area (Å²) in [6.07, 6.45) is 3.30. The van der Waals surface area contributed by atoms with Crippen LogP contribution in [-0.4, -0.2) is 37.5 Å². The van der Waals surface area contributed by atoms with Gasteiger partial charge < -0.3 is 14.4 Å². The number of benzene rings is 2. The number of hydrogen-bond acceptors (Lipinski definition) is 4. The molecule has 1 atom stereocenters. The number of hydrogen-bond donors (Lipinski definition) is 0. The highest BCUT2D eigenvalue weighted by molar-refractivity contribution is 7.99. The third-order valence-electron chi connectivity index (χ3n) is 4.73. The summed E-state index contributed by atoms with van der Waals surface area (Å²) >= 11 is 1.82. The van der Waals surface area contributed by atoms with Crippen LogP contribution in [0.5, 0.6) is 5.75 Å². The summed E-state index contributed by atoms with van der Waals surface area (Å²) in [5, 5.41) is 0. The van der Waals surface area contributed by atoms with E-state index in [9.17, 15) is 4.79 Å². The zero-order valence-corrected chi connectivity index (χ0v) is 15.5. The largest absolute Gasteiger partial charge is 0.491 e. The molecule has 1 fully saturated rings. The van der Waals surface area contributed by atoms with Gasteiger partial charge in [0.1, 0.15) is 12.4 Å². The standard InChI is InChI=1S/C21H23NO3S/c23-21(22-11-5-13-26-20-10-2-1-9-19(20)22)16-6-3-7-17(14-16)25-15-18-8-4-12-24-18/h1-3,6-7,9-10,14,18H,4-5,8,11-13,15H2. The van der Waals surface area contributed by atoms with Gasteiger partial charge in [0.15, 0.2) is 0 Å². The monoisotopic (exact) mass is 369 g/mol. The van der Waals surface area contributed by atoms with Gasteiger partial charge in [0.2, 0.25) is 0 Å². The molecular formula is C21H23NO3S. The lowest BCUT2D eigenvalue weighted by atomic mass is 10.1. The van der Waals surface area contributed by atoms with Gasteiger partial charge >= 0.3 is 0 Å². The molecule has 0 bridgehead atoms. The number of anilines is 1. The van der Waals surface area contributed by atoms with Crippen LogP contribution >= 0.6 is 11.8 Å². The fourth-order valence-electron chi connectivity index (χ4n) is 3.38. The number of para-hydroxylation sites is 1. The maximum atomic E-state index is 13.2. The predicted molar refractivity (Wildman–Crippen MR) is 104 cm³/mol. The molecule has 2 aliphatic rings. The molecule has 0 spiro atoms. The fraction of sp³-hybridized carbons (Fsp3) is 0.381. The van der Waals surface area contributed by atoms with E-state index in [1.54, 1.807) is 0 Å². The Kier molecular flexibility index (Phi) is 5.46. The topological polar surface area (TPSA) is 38.8 Å². The van der Waals surface area contributed by atoms with Gasteiger partial charge in [0, 0.05) is 23.6 Å². The van der Waals surface area contributed by atoms with E-state index in [4.69, 9.17) is 9.47 Å². The van der Waals surface area contributed by atoms with Crippen molar-refractivity contribution < 1.29 is 14.3 Å². The first-order valence-electron chi connectivity index (χ1n) is 9.19. The average Bonchev–Trinajstić information content (AvgIpc) is 3.11. The Labute approximate surface area is 158 Å². The van der Waals surface area contributed by atoms with E-state index in [-0.39, 0.29) is 12.0 Å². The van der Waals surface area contributed by atoms with Crippen LogP contribution in [0, 0.1) is 0 Å². The Bertz CT molecular complexity index is 773. The summed E-state index contributed by atoms with van der Waals surface area (Å²) in [5.74, 6) is 1.79. The molecule has 1 unspecified atom stereocenters. The average molecular weight is 369 g/mol. The van der Waals surface area contributed by atoms with Gasteiger partial charge in [-0.25, -0.2) is 0 Å². The Morgan fingerprint density at radius 3 is 3.00 bits per heavy atom. The number of ether oxygens (including phenoxy) is 2. The molecule has 1 saturated heterocycles. The Morgan fingerprint density at radius 2 is 2.12 bits per heavy atom. The van der Waals surface area contributed by atoms with Crippen molar-refractivity contribution in [1.29, 1.82) is 0 Å². The van der Waals surface area contributed by atoms with Crippen LogP contribution in [0.1, 0.15) is 29.6 Å². The summed E-state index contributed by atoms with van der Waals surface area (Å²) in [4.78, 5) is 16.2. The predicted octanol–water partition coefficient (Wildman–Crippen LogP) is 4.39. The van der Waals surface area contributed by atoms with Gasteiger partial charge in [-0.05, 0) is 55.3 Å². The molecule has 2 heterocycles. The van der Waals surface area contributed by atoms with Gasteiger partial charge in [-0.15, -0.1) is 11.8 Å². The van der Waals surface area contributed by atoms with Crippen molar-refractivity contribution in [2.45, 2.75) is 30.3 Å². The zero-order valence-electron chi connectivity index (χ0n) is 14.7. The van der Waals surface area contributed by atoms with E-state index in [1.165, 1.54) is 4.90 Å². The highest BCUT2D eigenvalue weighted by atomic mass is 32.2. The number of carbonyl (C=O) groups excluding carboxylic acids is 1. The first kappa shape index (κ1) is 17.4. The van der Waals surface area contributed by atoms with E-state index in [2.05, 4.69) is 6.07 Å². The summed E-state index contributed by atoms with van der Waals surface area (Å²) in [7, 11) is 0. The maximum absolute atomic E-state index is 13.2. The van der Waals surface area contributed by atoms with Crippen molar-refractivity contribution in [3.8, 4) is 5.75 Å². The minimum Gasteiger partial charge on any atom is -0.491 e. The summed E-state index contributed by atoms with van der Waals surface area (Å²) in [6, 6.07) is 15.6. The number of fused-ring (bicyclic) bond motifs is 1. The van der Waals surface area contributed by atoms with Crippen molar-refractivity contribution in [2.75, 3.05) is 30.4 Å². The Balaban J connectivity index is 1.51. The van der Waals surface area contributed by atoms with Gasteiger partial charge in [0.25, 0.3) is 5.91 Å². The van der Waals surface area contributed by atoms with Crippen molar-refractivity contribution in [1.82, 2.24) is 0 Å². The molecule has 26 heavy (non-hydrogen) atoms. The molecule has 0 radical (unpaired) electrons. The Hall–Kier alpha value is -1.98. The second kappa shape index (κ2) is 8.14. The normalized spacial score (nSPS) is 19.7. The molecule has 4 nitrogen and oxygen atoms in total. The van der Waals surface area contributed by atoms with Crippen LogP contribution in [0.4, 0.5) is 5.69 Å².